The summed E-state index contributed by atoms with van der Waals surface area (Å²) in [6.07, 6.45) is 0.170. The van der Waals surface area contributed by atoms with Gasteiger partial charge in [-0.2, -0.15) is 0 Å². The van der Waals surface area contributed by atoms with Gasteiger partial charge >= 0.3 is 5.97 Å². The molecule has 15 heavy (non-hydrogen) atoms. The highest BCUT2D eigenvalue weighted by atomic mass is 32.2. The monoisotopic (exact) mass is 245 g/mol. The molecule has 1 aliphatic rings. The number of carboxylic acid groups (broad SMARTS) is 1. The van der Waals surface area contributed by atoms with Crippen LogP contribution in [0.15, 0.2) is 4.34 Å². The molecule has 1 saturated heterocycles. The molecule has 0 aliphatic carbocycles. The minimum Gasteiger partial charge on any atom is -0.481 e. The molecule has 1 aromatic heterocycles. The predicted molar refractivity (Wildman–Crippen MR) is 58.4 cm³/mol. The summed E-state index contributed by atoms with van der Waals surface area (Å²) >= 11 is 3.04. The molecule has 0 saturated carbocycles. The lowest BCUT2D eigenvalue weighted by Gasteiger charge is -2.39. The van der Waals surface area contributed by atoms with E-state index >= 15 is 0 Å². The number of nitrogens with one attached hydrogen (secondary N) is 1. The van der Waals surface area contributed by atoms with Crippen LogP contribution in [0.1, 0.15) is 11.4 Å². The van der Waals surface area contributed by atoms with Gasteiger partial charge < -0.3 is 10.4 Å². The van der Waals surface area contributed by atoms with Crippen molar-refractivity contribution in [3.63, 3.8) is 0 Å². The normalized spacial score (nSPS) is 18.5. The van der Waals surface area contributed by atoms with Gasteiger partial charge in [-0.05, 0) is 6.92 Å². The summed E-state index contributed by atoms with van der Waals surface area (Å²) in [6.45, 7) is 3.34. The Morgan fingerprint density at radius 2 is 2.40 bits per heavy atom. The van der Waals surface area contributed by atoms with Gasteiger partial charge in [-0.3, -0.25) is 4.79 Å². The van der Waals surface area contributed by atoms with E-state index in [0.717, 1.165) is 22.4 Å². The zero-order valence-electron chi connectivity index (χ0n) is 8.19. The number of hydrogen-bond acceptors (Lipinski definition) is 6. The lowest BCUT2D eigenvalue weighted by molar-refractivity contribution is -0.138. The largest absolute Gasteiger partial charge is 0.481 e. The lowest BCUT2D eigenvalue weighted by Crippen LogP contribution is -2.57. The summed E-state index contributed by atoms with van der Waals surface area (Å²) in [6, 6.07) is 0. The number of aryl methyl sites for hydroxylation is 1. The molecular weight excluding hydrogens is 234 g/mol. The van der Waals surface area contributed by atoms with Crippen LogP contribution in [0.25, 0.3) is 0 Å². The molecule has 0 unspecified atom stereocenters. The van der Waals surface area contributed by atoms with Crippen LogP contribution in [-0.4, -0.2) is 39.1 Å². The highest BCUT2D eigenvalue weighted by Crippen LogP contribution is 2.39. The fourth-order valence-corrected chi connectivity index (χ4v) is 3.89. The highest BCUT2D eigenvalue weighted by molar-refractivity contribution is 8.02. The number of carbonyl (C=O) groups is 1. The first kappa shape index (κ1) is 10.8. The summed E-state index contributed by atoms with van der Waals surface area (Å²) < 4.78 is 0.632. The molecule has 1 fully saturated rings. The first-order valence-electron chi connectivity index (χ1n) is 4.51. The molecule has 2 rings (SSSR count). The van der Waals surface area contributed by atoms with Gasteiger partial charge in [-0.25, -0.2) is 0 Å². The molecule has 0 atom stereocenters. The zero-order chi connectivity index (χ0) is 10.9. The maximum Gasteiger partial charge on any atom is 0.304 e. The molecule has 2 heterocycles. The van der Waals surface area contributed by atoms with E-state index < -0.39 is 5.97 Å². The third-order valence-electron chi connectivity index (χ3n) is 2.18. The van der Waals surface area contributed by atoms with Crippen LogP contribution in [0, 0.1) is 6.92 Å². The van der Waals surface area contributed by atoms with E-state index in [2.05, 4.69) is 15.5 Å². The van der Waals surface area contributed by atoms with Gasteiger partial charge in [0.05, 0.1) is 11.2 Å². The van der Waals surface area contributed by atoms with Gasteiger partial charge in [0.1, 0.15) is 5.01 Å². The quantitative estimate of drug-likeness (QED) is 0.815. The molecule has 0 bridgehead atoms. The van der Waals surface area contributed by atoms with Crippen LogP contribution in [0.4, 0.5) is 0 Å². The smallest absolute Gasteiger partial charge is 0.304 e. The van der Waals surface area contributed by atoms with Crippen molar-refractivity contribution in [3.8, 4) is 0 Å². The topological polar surface area (TPSA) is 75.1 Å². The zero-order valence-corrected chi connectivity index (χ0v) is 9.82. The van der Waals surface area contributed by atoms with Gasteiger partial charge in [-0.15, -0.1) is 10.2 Å². The van der Waals surface area contributed by atoms with Crippen LogP contribution in [-0.2, 0) is 4.79 Å². The molecule has 7 heteroatoms. The Labute approximate surface area is 95.3 Å². The van der Waals surface area contributed by atoms with Crippen molar-refractivity contribution in [2.75, 3.05) is 13.1 Å². The van der Waals surface area contributed by atoms with Crippen LogP contribution in [0.5, 0.6) is 0 Å². The van der Waals surface area contributed by atoms with Crippen LogP contribution in [0.2, 0.25) is 0 Å². The average molecular weight is 245 g/mol. The van der Waals surface area contributed by atoms with E-state index in [4.69, 9.17) is 5.11 Å². The predicted octanol–water partition coefficient (Wildman–Crippen LogP) is 0.755. The Morgan fingerprint density at radius 3 is 2.80 bits per heavy atom. The Balaban J connectivity index is 2.04. The third-order valence-corrected chi connectivity index (χ3v) is 4.43. The standard InChI is InChI=1S/C8H11N3O2S2/c1-5-10-11-7(14-5)15-8(2-6(12)13)3-9-4-8/h9H,2-4H2,1H3,(H,12,13). The number of carboxylic acids is 1. The van der Waals surface area contributed by atoms with Gasteiger partial charge in [-0.1, -0.05) is 23.1 Å². The van der Waals surface area contributed by atoms with Crippen LogP contribution in [0.3, 0.4) is 0 Å². The molecule has 1 aliphatic heterocycles. The third kappa shape index (κ3) is 2.47. The number of aliphatic carboxylic acids is 1. The first-order chi connectivity index (χ1) is 7.10. The second-order valence-corrected chi connectivity index (χ2v) is 6.44. The highest BCUT2D eigenvalue weighted by Gasteiger charge is 2.41. The number of hydrogen-bond donors (Lipinski definition) is 2. The summed E-state index contributed by atoms with van der Waals surface area (Å²) in [5, 5.41) is 20.8. The average Bonchev–Trinajstić information content (AvgIpc) is 2.46. The van der Waals surface area contributed by atoms with E-state index in [1.165, 1.54) is 23.1 Å². The van der Waals surface area contributed by atoms with Crippen molar-refractivity contribution >= 4 is 29.1 Å². The van der Waals surface area contributed by atoms with Crippen LogP contribution >= 0.6 is 23.1 Å². The van der Waals surface area contributed by atoms with E-state index in [0.29, 0.717) is 0 Å². The minimum absolute atomic E-state index is 0.170. The maximum atomic E-state index is 10.7. The molecule has 0 radical (unpaired) electrons. The molecule has 2 N–H and O–H groups in total. The molecular formula is C8H11N3O2S2. The maximum absolute atomic E-state index is 10.7. The van der Waals surface area contributed by atoms with Crippen molar-refractivity contribution in [3.05, 3.63) is 5.01 Å². The molecule has 5 nitrogen and oxygen atoms in total. The Kier molecular flexibility index (Phi) is 2.94. The van der Waals surface area contributed by atoms with E-state index in [1.807, 2.05) is 6.92 Å². The SMILES string of the molecule is Cc1nnc(SC2(CC(=O)O)CNC2)s1. The number of aromatic nitrogens is 2. The van der Waals surface area contributed by atoms with E-state index in [9.17, 15) is 4.79 Å². The van der Waals surface area contributed by atoms with E-state index in [1.54, 1.807) is 0 Å². The lowest BCUT2D eigenvalue weighted by atomic mass is 9.98. The summed E-state index contributed by atoms with van der Waals surface area (Å²) in [7, 11) is 0. The van der Waals surface area contributed by atoms with Crippen LogP contribution < -0.4 is 5.32 Å². The van der Waals surface area contributed by atoms with E-state index in [-0.39, 0.29) is 11.2 Å². The Bertz CT molecular complexity index is 376. The van der Waals surface area contributed by atoms with Gasteiger partial charge in [0.25, 0.3) is 0 Å². The minimum atomic E-state index is -0.759. The van der Waals surface area contributed by atoms with Gasteiger partial charge in [0.15, 0.2) is 4.34 Å². The van der Waals surface area contributed by atoms with Crippen molar-refractivity contribution in [1.82, 2.24) is 15.5 Å². The molecule has 1 aromatic rings. The number of thioether (sulfide) groups is 1. The van der Waals surface area contributed by atoms with Crippen molar-refractivity contribution in [2.24, 2.45) is 0 Å². The van der Waals surface area contributed by atoms with Crippen molar-refractivity contribution in [2.45, 2.75) is 22.4 Å². The summed E-state index contributed by atoms with van der Waals surface area (Å²) in [5.41, 5.74) is 0. The summed E-state index contributed by atoms with van der Waals surface area (Å²) in [4.78, 5) is 10.7. The second kappa shape index (κ2) is 4.07. The molecule has 0 spiro atoms. The summed E-state index contributed by atoms with van der Waals surface area (Å²) in [5.74, 6) is -0.759. The number of nitrogens with zero attached hydrogens (tertiary/aromatic N) is 2. The van der Waals surface area contributed by atoms with Crippen molar-refractivity contribution < 1.29 is 9.90 Å². The molecule has 0 amide bonds. The molecule has 82 valence electrons. The first-order valence-corrected chi connectivity index (χ1v) is 6.15. The fourth-order valence-electron chi connectivity index (χ4n) is 1.42. The Morgan fingerprint density at radius 1 is 1.67 bits per heavy atom. The fraction of sp³-hybridized carbons (Fsp3) is 0.625. The van der Waals surface area contributed by atoms with Gasteiger partial charge in [0, 0.05) is 13.1 Å². The van der Waals surface area contributed by atoms with Gasteiger partial charge in [0.2, 0.25) is 0 Å². The van der Waals surface area contributed by atoms with Crippen molar-refractivity contribution in [1.29, 1.82) is 0 Å². The second-order valence-electron chi connectivity index (χ2n) is 3.55. The Hall–Kier alpha value is -0.660. The molecule has 0 aromatic carbocycles. The number of rotatable bonds is 4.